The van der Waals surface area contributed by atoms with Crippen molar-refractivity contribution in [2.45, 2.75) is 12.1 Å². The molecule has 50 heavy (non-hydrogen) atoms. The number of fused-ring (bicyclic) bond motifs is 2. The van der Waals surface area contributed by atoms with Crippen molar-refractivity contribution in [3.05, 3.63) is 94.9 Å². The summed E-state index contributed by atoms with van der Waals surface area (Å²) in [5.74, 6) is -9.14. The summed E-state index contributed by atoms with van der Waals surface area (Å²) in [7, 11) is 0. The van der Waals surface area contributed by atoms with Gasteiger partial charge in [-0.1, -0.05) is 24.3 Å². The number of carboxylic acids is 2. The van der Waals surface area contributed by atoms with Crippen molar-refractivity contribution in [3.8, 4) is 39.1 Å². The van der Waals surface area contributed by atoms with Crippen molar-refractivity contribution in [2.24, 2.45) is 0 Å². The highest BCUT2D eigenvalue weighted by Gasteiger charge is 2.46. The summed E-state index contributed by atoms with van der Waals surface area (Å²) in [6, 6.07) is 14.1. The molecule has 17 heteroatoms. The lowest BCUT2D eigenvalue weighted by Gasteiger charge is -2.30. The van der Waals surface area contributed by atoms with Crippen LogP contribution in [-0.4, -0.2) is 59.8 Å². The van der Waals surface area contributed by atoms with E-state index in [0.29, 0.717) is 27.0 Å². The molecule has 2 amide bonds. The number of aromatic hydroxyl groups is 2. The summed E-state index contributed by atoms with van der Waals surface area (Å²) in [5, 5.41) is 57.6. The molecule has 250 valence electrons. The number of aromatic nitrogens is 2. The number of halogens is 2. The number of pyridine rings is 2. The fourth-order valence-electron chi connectivity index (χ4n) is 5.12. The first-order chi connectivity index (χ1) is 23.8. The van der Waals surface area contributed by atoms with Crippen LogP contribution in [-0.2, 0) is 9.59 Å². The first-order valence-electron chi connectivity index (χ1n) is 14.1. The quantitative estimate of drug-likeness (QED) is 0.107. The first-order valence-corrected chi connectivity index (χ1v) is 15.8. The Bertz CT molecular complexity index is 2420. The van der Waals surface area contributed by atoms with Gasteiger partial charge in [-0.25, -0.2) is 23.5 Å². The minimum absolute atomic E-state index is 0.0115. The van der Waals surface area contributed by atoms with E-state index in [4.69, 9.17) is 0 Å². The van der Waals surface area contributed by atoms with Crippen molar-refractivity contribution in [3.63, 3.8) is 0 Å². The molecule has 1 atom stereocenters. The van der Waals surface area contributed by atoms with Gasteiger partial charge in [0.2, 0.25) is 5.66 Å². The van der Waals surface area contributed by atoms with Crippen LogP contribution in [0.5, 0.6) is 11.5 Å². The SMILES string of the molecule is N#Cc1nc(C(=O)NC(CC(=O)O)(NC(=O)c2ncc3cc(-c4ccc(F)cc4)sc3c2O)C(=O)O)c(O)c2scc(-c3ccc(F)cc3)c12. The molecule has 0 aliphatic carbocycles. The van der Waals surface area contributed by atoms with E-state index in [9.17, 15) is 53.6 Å². The molecule has 0 spiro atoms. The number of carboxylic acid groups (broad SMARTS) is 2. The summed E-state index contributed by atoms with van der Waals surface area (Å²) in [6.07, 6.45) is -0.230. The number of nitrogens with one attached hydrogen (secondary N) is 2. The zero-order valence-corrected chi connectivity index (χ0v) is 26.5. The average Bonchev–Trinajstić information content (AvgIpc) is 3.72. The minimum Gasteiger partial charge on any atom is -0.504 e. The number of nitriles is 1. The van der Waals surface area contributed by atoms with Gasteiger partial charge in [0.05, 0.1) is 15.8 Å². The van der Waals surface area contributed by atoms with E-state index in [1.807, 2.05) is 10.6 Å². The maximum atomic E-state index is 13.5. The van der Waals surface area contributed by atoms with Gasteiger partial charge >= 0.3 is 11.9 Å². The minimum atomic E-state index is -3.09. The Kier molecular flexibility index (Phi) is 8.57. The maximum absolute atomic E-state index is 13.5. The highest BCUT2D eigenvalue weighted by molar-refractivity contribution is 7.22. The van der Waals surface area contributed by atoms with Crippen molar-refractivity contribution >= 4 is 66.6 Å². The van der Waals surface area contributed by atoms with Gasteiger partial charge in [0.1, 0.15) is 17.7 Å². The van der Waals surface area contributed by atoms with E-state index in [-0.39, 0.29) is 20.5 Å². The number of nitrogens with zero attached hydrogens (tertiary/aromatic N) is 3. The Balaban J connectivity index is 1.36. The summed E-state index contributed by atoms with van der Waals surface area (Å²) < 4.78 is 27.1. The number of benzene rings is 2. The van der Waals surface area contributed by atoms with Gasteiger partial charge in [0, 0.05) is 32.8 Å². The van der Waals surface area contributed by atoms with E-state index in [2.05, 4.69) is 9.97 Å². The number of carbonyl (C=O) groups is 4. The van der Waals surface area contributed by atoms with Gasteiger partial charge in [0.15, 0.2) is 28.6 Å². The molecule has 6 N–H and O–H groups in total. The molecule has 6 aromatic rings. The molecule has 6 rings (SSSR count). The Morgan fingerprint density at radius 2 is 1.44 bits per heavy atom. The van der Waals surface area contributed by atoms with E-state index < -0.39 is 70.4 Å². The van der Waals surface area contributed by atoms with Crippen molar-refractivity contribution < 1.29 is 48.4 Å². The summed E-state index contributed by atoms with van der Waals surface area (Å²) in [4.78, 5) is 59.9. The van der Waals surface area contributed by atoms with Crippen LogP contribution in [0.25, 0.3) is 41.7 Å². The van der Waals surface area contributed by atoms with Gasteiger partial charge in [-0.15, -0.1) is 22.7 Å². The molecular weight excluding hydrogens is 697 g/mol. The number of carbonyl (C=O) groups excluding carboxylic acids is 2. The first kappa shape index (κ1) is 33.4. The Labute approximate surface area is 286 Å². The summed E-state index contributed by atoms with van der Waals surface area (Å²) in [5.41, 5.74) is -3.60. The molecule has 4 heterocycles. The molecule has 0 radical (unpaired) electrons. The van der Waals surface area contributed by atoms with Crippen LogP contribution >= 0.6 is 22.7 Å². The van der Waals surface area contributed by atoms with E-state index >= 15 is 0 Å². The lowest BCUT2D eigenvalue weighted by Crippen LogP contribution is -2.66. The predicted molar refractivity (Wildman–Crippen MR) is 176 cm³/mol. The topological polar surface area (TPSA) is 223 Å². The Morgan fingerprint density at radius 3 is 2.02 bits per heavy atom. The third kappa shape index (κ3) is 6.00. The van der Waals surface area contributed by atoms with Crippen LogP contribution in [0.4, 0.5) is 8.78 Å². The van der Waals surface area contributed by atoms with E-state index in [0.717, 1.165) is 22.7 Å². The fourth-order valence-corrected chi connectivity index (χ4v) is 7.23. The van der Waals surface area contributed by atoms with E-state index in [1.165, 1.54) is 60.1 Å². The third-order valence-electron chi connectivity index (χ3n) is 7.48. The molecule has 4 aromatic heterocycles. The largest absolute Gasteiger partial charge is 0.504 e. The smallest absolute Gasteiger partial charge is 0.351 e. The second-order valence-corrected chi connectivity index (χ2v) is 12.6. The number of amides is 2. The zero-order chi connectivity index (χ0) is 35.9. The van der Waals surface area contributed by atoms with Crippen LogP contribution in [0.1, 0.15) is 33.1 Å². The van der Waals surface area contributed by atoms with Gasteiger partial charge in [-0.3, -0.25) is 14.4 Å². The Morgan fingerprint density at radius 1 is 0.860 bits per heavy atom. The van der Waals surface area contributed by atoms with E-state index in [1.54, 1.807) is 12.1 Å². The highest BCUT2D eigenvalue weighted by atomic mass is 32.1. The van der Waals surface area contributed by atoms with Crippen molar-refractivity contribution in [2.75, 3.05) is 0 Å². The molecule has 13 nitrogen and oxygen atoms in total. The molecule has 0 saturated carbocycles. The number of rotatable bonds is 9. The molecule has 0 bridgehead atoms. The highest BCUT2D eigenvalue weighted by Crippen LogP contribution is 2.42. The molecule has 0 aliphatic heterocycles. The number of hydrogen-bond donors (Lipinski definition) is 6. The predicted octanol–water partition coefficient (Wildman–Crippen LogP) is 5.22. The van der Waals surface area contributed by atoms with Crippen LogP contribution in [0.2, 0.25) is 0 Å². The second kappa shape index (κ2) is 12.8. The van der Waals surface area contributed by atoms with Crippen LogP contribution in [0, 0.1) is 23.0 Å². The lowest BCUT2D eigenvalue weighted by atomic mass is 10.0. The fraction of sp³-hybridized carbons (Fsp3) is 0.0606. The van der Waals surface area contributed by atoms with Gasteiger partial charge in [-0.05, 0) is 41.5 Å². The second-order valence-electron chi connectivity index (χ2n) is 10.7. The normalized spacial score (nSPS) is 12.3. The standard InChI is InChI=1S/C33H19F2N5O8S2/c34-17-5-1-14(2-6-17)19-13-49-29-23(19)20(11-36)38-25(27(29)44)31(46)40-33(32(47)48,10-22(41)42)39-30(45)24-26(43)28-16(12-37-24)9-21(50-28)15-3-7-18(35)8-4-15/h1-9,12-13,43-44H,10H2,(H,39,45)(H,40,46)(H,41,42)(H,47,48). The lowest BCUT2D eigenvalue weighted by molar-refractivity contribution is -0.152. The van der Waals surface area contributed by atoms with Crippen LogP contribution < -0.4 is 10.6 Å². The van der Waals surface area contributed by atoms with Gasteiger partial charge in [0.25, 0.3) is 11.8 Å². The monoisotopic (exact) mass is 715 g/mol. The number of hydrogen-bond acceptors (Lipinski definition) is 11. The molecule has 0 fully saturated rings. The third-order valence-corrected chi connectivity index (χ3v) is 9.67. The molecular formula is C33H19F2N5O8S2. The summed E-state index contributed by atoms with van der Waals surface area (Å²) >= 11 is 1.91. The van der Waals surface area contributed by atoms with Crippen LogP contribution in [0.15, 0.2) is 66.2 Å². The molecule has 1 unspecified atom stereocenters. The Hall–Kier alpha value is -6.51. The average molecular weight is 716 g/mol. The van der Waals surface area contributed by atoms with Crippen molar-refractivity contribution in [1.82, 2.24) is 20.6 Å². The number of aliphatic carboxylic acids is 2. The number of thiophene rings is 2. The molecule has 0 aliphatic rings. The zero-order valence-electron chi connectivity index (χ0n) is 24.9. The van der Waals surface area contributed by atoms with Crippen molar-refractivity contribution in [1.29, 1.82) is 5.26 Å². The van der Waals surface area contributed by atoms with Crippen LogP contribution in [0.3, 0.4) is 0 Å². The molecule has 2 aromatic carbocycles. The maximum Gasteiger partial charge on any atom is 0.351 e. The summed E-state index contributed by atoms with van der Waals surface area (Å²) in [6.45, 7) is 0. The van der Waals surface area contributed by atoms with Gasteiger partial charge < -0.3 is 31.1 Å². The van der Waals surface area contributed by atoms with Gasteiger partial charge in [-0.2, -0.15) is 5.26 Å². The molecule has 0 saturated heterocycles.